The van der Waals surface area contributed by atoms with Crippen LogP contribution in [-0.2, 0) is 14.8 Å². The number of benzene rings is 1. The van der Waals surface area contributed by atoms with Crippen molar-refractivity contribution in [2.75, 3.05) is 0 Å². The Morgan fingerprint density at radius 3 is 2.58 bits per heavy atom. The fraction of sp³-hybridized carbons (Fsp3) is 0.188. The van der Waals surface area contributed by atoms with Gasteiger partial charge >= 0.3 is 5.97 Å². The van der Waals surface area contributed by atoms with Crippen molar-refractivity contribution in [3.63, 3.8) is 0 Å². The number of aryl methyl sites for hydroxylation is 1. The van der Waals surface area contributed by atoms with Crippen molar-refractivity contribution in [1.29, 1.82) is 0 Å². The van der Waals surface area contributed by atoms with Crippen molar-refractivity contribution in [2.24, 2.45) is 5.14 Å². The molecule has 2 heterocycles. The largest absolute Gasteiger partial charge is 0.449 e. The lowest BCUT2D eigenvalue weighted by atomic mass is 10.1. The van der Waals surface area contributed by atoms with Crippen LogP contribution >= 0.6 is 11.3 Å². The molecule has 0 fully saturated rings. The van der Waals surface area contributed by atoms with E-state index in [2.05, 4.69) is 10.2 Å². The van der Waals surface area contributed by atoms with Crippen LogP contribution in [0, 0.1) is 6.92 Å². The molecule has 0 aliphatic heterocycles. The summed E-state index contributed by atoms with van der Waals surface area (Å²) in [6.45, 7) is 3.55. The standard InChI is InChI=1S/C16H15N3O5S2/c1-9-3-5-11(6-4-9)15-19-18-14(24-15)10(2)23-16(20)12-7-13(25-8-12)26(17,21)22/h3-8,10H,1-2H3,(H2,17,21,22)/t10-/m1/s1. The lowest BCUT2D eigenvalue weighted by molar-refractivity contribution is 0.0280. The molecule has 0 aliphatic carbocycles. The smallest absolute Gasteiger partial charge is 0.339 e. The number of ether oxygens (including phenoxy) is 1. The van der Waals surface area contributed by atoms with E-state index in [1.165, 1.54) is 11.4 Å². The maximum Gasteiger partial charge on any atom is 0.339 e. The predicted molar refractivity (Wildman–Crippen MR) is 94.0 cm³/mol. The first kappa shape index (κ1) is 18.2. The van der Waals surface area contributed by atoms with Gasteiger partial charge in [-0.25, -0.2) is 18.4 Å². The predicted octanol–water partition coefficient (Wildman–Crippen LogP) is 2.67. The monoisotopic (exact) mass is 393 g/mol. The molecule has 3 aromatic rings. The maximum absolute atomic E-state index is 12.1. The van der Waals surface area contributed by atoms with E-state index in [4.69, 9.17) is 14.3 Å². The molecule has 3 rings (SSSR count). The molecular formula is C16H15N3O5S2. The van der Waals surface area contributed by atoms with Crippen LogP contribution in [0.15, 0.2) is 44.3 Å². The SMILES string of the molecule is Cc1ccc(-c2nnc([C@@H](C)OC(=O)c3csc(S(N)(=O)=O)c3)o2)cc1. The molecule has 1 atom stereocenters. The van der Waals surface area contributed by atoms with Crippen molar-refractivity contribution in [1.82, 2.24) is 10.2 Å². The summed E-state index contributed by atoms with van der Waals surface area (Å²) in [5.74, 6) is -0.260. The summed E-state index contributed by atoms with van der Waals surface area (Å²) in [5.41, 5.74) is 1.94. The van der Waals surface area contributed by atoms with Crippen LogP contribution in [0.1, 0.15) is 34.8 Å². The second-order valence-corrected chi connectivity index (χ2v) is 8.26. The first-order chi connectivity index (χ1) is 12.2. The van der Waals surface area contributed by atoms with Gasteiger partial charge < -0.3 is 9.15 Å². The number of nitrogens with zero attached hydrogens (tertiary/aromatic N) is 2. The number of primary sulfonamides is 1. The number of thiophene rings is 1. The molecule has 0 radical (unpaired) electrons. The van der Waals surface area contributed by atoms with Crippen LogP contribution < -0.4 is 5.14 Å². The van der Waals surface area contributed by atoms with E-state index >= 15 is 0 Å². The highest BCUT2D eigenvalue weighted by Gasteiger charge is 2.22. The number of carbonyl (C=O) groups excluding carboxylic acids is 1. The molecule has 0 bridgehead atoms. The third-order valence-electron chi connectivity index (χ3n) is 3.46. The molecule has 0 amide bonds. The summed E-state index contributed by atoms with van der Waals surface area (Å²) < 4.78 is 33.2. The van der Waals surface area contributed by atoms with Crippen LogP contribution in [0.2, 0.25) is 0 Å². The molecule has 0 aliphatic rings. The van der Waals surface area contributed by atoms with Gasteiger partial charge in [0.2, 0.25) is 15.9 Å². The Morgan fingerprint density at radius 1 is 1.27 bits per heavy atom. The van der Waals surface area contributed by atoms with Gasteiger partial charge in [-0.15, -0.1) is 21.5 Å². The molecule has 2 aromatic heterocycles. The molecule has 26 heavy (non-hydrogen) atoms. The van der Waals surface area contributed by atoms with E-state index in [-0.39, 0.29) is 15.7 Å². The Morgan fingerprint density at radius 2 is 1.96 bits per heavy atom. The van der Waals surface area contributed by atoms with Gasteiger partial charge in [-0.05, 0) is 32.0 Å². The minimum absolute atomic E-state index is 0.0872. The van der Waals surface area contributed by atoms with Crippen LogP contribution in [0.25, 0.3) is 11.5 Å². The maximum atomic E-state index is 12.1. The van der Waals surface area contributed by atoms with Gasteiger partial charge in [0.25, 0.3) is 5.89 Å². The Labute approximate surface area is 153 Å². The zero-order valence-electron chi connectivity index (χ0n) is 13.9. The van der Waals surface area contributed by atoms with E-state index in [1.54, 1.807) is 6.92 Å². The molecule has 8 nitrogen and oxygen atoms in total. The van der Waals surface area contributed by atoms with E-state index < -0.39 is 22.1 Å². The van der Waals surface area contributed by atoms with Gasteiger partial charge in [0, 0.05) is 10.9 Å². The molecule has 0 saturated carbocycles. The lowest BCUT2D eigenvalue weighted by Crippen LogP contribution is -2.11. The van der Waals surface area contributed by atoms with Gasteiger partial charge in [0.05, 0.1) is 5.56 Å². The fourth-order valence-corrected chi connectivity index (χ4v) is 3.64. The van der Waals surface area contributed by atoms with Crippen molar-refractivity contribution in [3.05, 3.63) is 52.7 Å². The first-order valence-electron chi connectivity index (χ1n) is 7.47. The lowest BCUT2D eigenvalue weighted by Gasteiger charge is -2.08. The van der Waals surface area contributed by atoms with Crippen LogP contribution in [0.3, 0.4) is 0 Å². The number of aromatic nitrogens is 2. The highest BCUT2D eigenvalue weighted by Crippen LogP contribution is 2.25. The number of esters is 1. The number of hydrogen-bond acceptors (Lipinski definition) is 8. The summed E-state index contributed by atoms with van der Waals surface area (Å²) in [7, 11) is -3.86. The van der Waals surface area contributed by atoms with Crippen molar-refractivity contribution in [2.45, 2.75) is 24.2 Å². The summed E-state index contributed by atoms with van der Waals surface area (Å²) in [6, 6.07) is 8.71. The third kappa shape index (κ3) is 3.98. The quantitative estimate of drug-likeness (QED) is 0.660. The highest BCUT2D eigenvalue weighted by atomic mass is 32.2. The van der Waals surface area contributed by atoms with Crippen LogP contribution in [0.4, 0.5) is 0 Å². The molecule has 2 N–H and O–H groups in total. The first-order valence-corrected chi connectivity index (χ1v) is 9.89. The van der Waals surface area contributed by atoms with E-state index in [9.17, 15) is 13.2 Å². The Kier molecular flexibility index (Phi) is 4.90. The second-order valence-electron chi connectivity index (χ2n) is 5.56. The average Bonchev–Trinajstić information content (AvgIpc) is 3.25. The zero-order valence-corrected chi connectivity index (χ0v) is 15.5. The van der Waals surface area contributed by atoms with Gasteiger partial charge in [0.15, 0.2) is 6.10 Å². The highest BCUT2D eigenvalue weighted by molar-refractivity contribution is 7.91. The topological polar surface area (TPSA) is 125 Å². The molecule has 0 saturated heterocycles. The van der Waals surface area contributed by atoms with Gasteiger partial charge in [0.1, 0.15) is 4.21 Å². The normalized spacial score (nSPS) is 12.7. The van der Waals surface area contributed by atoms with E-state index in [1.807, 2.05) is 31.2 Å². The summed E-state index contributed by atoms with van der Waals surface area (Å²) >= 11 is 0.845. The van der Waals surface area contributed by atoms with Crippen molar-refractivity contribution >= 4 is 27.3 Å². The zero-order chi connectivity index (χ0) is 18.9. The number of rotatable bonds is 5. The van der Waals surface area contributed by atoms with E-state index in [0.717, 1.165) is 22.5 Å². The Balaban J connectivity index is 1.72. The Bertz CT molecular complexity index is 1040. The molecule has 10 heteroatoms. The average molecular weight is 393 g/mol. The third-order valence-corrected chi connectivity index (χ3v) is 5.85. The second kappa shape index (κ2) is 6.98. The summed E-state index contributed by atoms with van der Waals surface area (Å²) in [4.78, 5) is 12.1. The number of carbonyl (C=O) groups is 1. The van der Waals surface area contributed by atoms with Gasteiger partial charge in [-0.2, -0.15) is 0 Å². The van der Waals surface area contributed by atoms with Gasteiger partial charge in [-0.3, -0.25) is 0 Å². The molecule has 136 valence electrons. The molecule has 1 aromatic carbocycles. The summed E-state index contributed by atoms with van der Waals surface area (Å²) in [5, 5.41) is 14.2. The minimum atomic E-state index is -3.86. The number of hydrogen-bond donors (Lipinski definition) is 1. The number of sulfonamides is 1. The fourth-order valence-electron chi connectivity index (χ4n) is 2.06. The number of nitrogens with two attached hydrogens (primary N) is 1. The van der Waals surface area contributed by atoms with Gasteiger partial charge in [-0.1, -0.05) is 17.7 Å². The molecule has 0 unspecified atom stereocenters. The van der Waals surface area contributed by atoms with Crippen LogP contribution in [0.5, 0.6) is 0 Å². The van der Waals surface area contributed by atoms with E-state index in [0.29, 0.717) is 5.89 Å². The molecule has 0 spiro atoms. The molecular weight excluding hydrogens is 378 g/mol. The van der Waals surface area contributed by atoms with Crippen molar-refractivity contribution in [3.8, 4) is 11.5 Å². The van der Waals surface area contributed by atoms with Crippen molar-refractivity contribution < 1.29 is 22.4 Å². The summed E-state index contributed by atoms with van der Waals surface area (Å²) in [6.07, 6.45) is -0.799. The minimum Gasteiger partial charge on any atom is -0.449 e. The Hall–Kier alpha value is -2.56. The van der Waals surface area contributed by atoms with Crippen LogP contribution in [-0.4, -0.2) is 24.6 Å².